The number of pyridine rings is 1. The monoisotopic (exact) mass is 248 g/mol. The van der Waals surface area contributed by atoms with Gasteiger partial charge in [0.2, 0.25) is 5.82 Å². The standard InChI is InChI=1S/C8H10F2N4O3/c9-7(10)5(15)3-12-6-2-1-4(14(16)17)8(11)13-6/h1-2,5,7,15H,3H2,(H3,11,12,13). The zero-order valence-electron chi connectivity index (χ0n) is 8.51. The van der Waals surface area contributed by atoms with E-state index in [9.17, 15) is 18.9 Å². The zero-order valence-corrected chi connectivity index (χ0v) is 8.51. The molecule has 0 radical (unpaired) electrons. The van der Waals surface area contributed by atoms with Crippen molar-refractivity contribution in [2.24, 2.45) is 0 Å². The number of aliphatic hydroxyl groups is 1. The van der Waals surface area contributed by atoms with Crippen LogP contribution >= 0.6 is 0 Å². The number of alkyl halides is 2. The van der Waals surface area contributed by atoms with E-state index in [2.05, 4.69) is 10.3 Å². The van der Waals surface area contributed by atoms with Crippen molar-refractivity contribution >= 4 is 17.3 Å². The van der Waals surface area contributed by atoms with E-state index in [0.29, 0.717) is 0 Å². The summed E-state index contributed by atoms with van der Waals surface area (Å²) < 4.78 is 23.9. The average molecular weight is 248 g/mol. The largest absolute Gasteiger partial charge is 0.385 e. The predicted octanol–water partition coefficient (Wildman–Crippen LogP) is 0.610. The number of rotatable bonds is 5. The molecule has 0 spiro atoms. The van der Waals surface area contributed by atoms with Crippen molar-refractivity contribution in [3.05, 3.63) is 22.2 Å². The van der Waals surface area contributed by atoms with Crippen LogP contribution < -0.4 is 11.1 Å². The lowest BCUT2D eigenvalue weighted by Crippen LogP contribution is -2.27. The minimum Gasteiger partial charge on any atom is -0.385 e. The van der Waals surface area contributed by atoms with E-state index in [0.717, 1.165) is 6.07 Å². The lowest BCUT2D eigenvalue weighted by Gasteiger charge is -2.11. The van der Waals surface area contributed by atoms with E-state index in [4.69, 9.17) is 10.8 Å². The van der Waals surface area contributed by atoms with Crippen LogP contribution in [0, 0.1) is 10.1 Å². The molecular weight excluding hydrogens is 238 g/mol. The minimum atomic E-state index is -2.88. The summed E-state index contributed by atoms with van der Waals surface area (Å²) in [6.07, 6.45) is -4.72. The van der Waals surface area contributed by atoms with Gasteiger partial charge in [-0.15, -0.1) is 0 Å². The molecule has 1 aromatic rings. The third kappa shape index (κ3) is 3.48. The molecule has 0 aliphatic carbocycles. The number of nitrogens with zero attached hydrogens (tertiary/aromatic N) is 2. The Labute approximate surface area is 94.4 Å². The lowest BCUT2D eigenvalue weighted by atomic mass is 10.3. The van der Waals surface area contributed by atoms with Crippen LogP contribution in [0.25, 0.3) is 0 Å². The molecule has 1 atom stereocenters. The first kappa shape index (κ1) is 13.0. The van der Waals surface area contributed by atoms with Gasteiger partial charge in [-0.25, -0.2) is 13.8 Å². The van der Waals surface area contributed by atoms with Gasteiger partial charge in [-0.05, 0) is 6.07 Å². The van der Waals surface area contributed by atoms with Crippen molar-refractivity contribution in [3.8, 4) is 0 Å². The van der Waals surface area contributed by atoms with E-state index >= 15 is 0 Å². The van der Waals surface area contributed by atoms with E-state index < -0.39 is 24.0 Å². The van der Waals surface area contributed by atoms with E-state index in [1.165, 1.54) is 6.07 Å². The summed E-state index contributed by atoms with van der Waals surface area (Å²) >= 11 is 0. The van der Waals surface area contributed by atoms with Gasteiger partial charge in [0, 0.05) is 12.6 Å². The van der Waals surface area contributed by atoms with Gasteiger partial charge in [0.15, 0.2) is 0 Å². The summed E-state index contributed by atoms with van der Waals surface area (Å²) in [5.41, 5.74) is 4.91. The molecule has 0 amide bonds. The molecule has 1 unspecified atom stereocenters. The molecule has 0 aliphatic rings. The number of nitrogen functional groups attached to an aromatic ring is 1. The molecule has 0 bridgehead atoms. The molecule has 94 valence electrons. The molecule has 0 aliphatic heterocycles. The molecule has 0 saturated heterocycles. The van der Waals surface area contributed by atoms with Gasteiger partial charge < -0.3 is 16.2 Å². The van der Waals surface area contributed by atoms with Gasteiger partial charge in [-0.3, -0.25) is 10.1 Å². The second kappa shape index (κ2) is 5.34. The van der Waals surface area contributed by atoms with Crippen LogP contribution in [0.15, 0.2) is 12.1 Å². The molecule has 17 heavy (non-hydrogen) atoms. The van der Waals surface area contributed by atoms with Crippen LogP contribution in [0.1, 0.15) is 0 Å². The third-order valence-corrected chi connectivity index (χ3v) is 1.88. The number of halogens is 2. The van der Waals surface area contributed by atoms with Crippen LogP contribution in [0.4, 0.5) is 26.1 Å². The average Bonchev–Trinajstić information content (AvgIpc) is 2.25. The third-order valence-electron chi connectivity index (χ3n) is 1.88. The molecule has 0 aromatic carbocycles. The number of hydrogen-bond acceptors (Lipinski definition) is 6. The fraction of sp³-hybridized carbons (Fsp3) is 0.375. The number of nitro groups is 1. The first-order chi connectivity index (χ1) is 7.91. The van der Waals surface area contributed by atoms with E-state index in [1.807, 2.05) is 0 Å². The summed E-state index contributed by atoms with van der Waals surface area (Å²) in [5, 5.41) is 21.6. The van der Waals surface area contributed by atoms with Gasteiger partial charge in [0.1, 0.15) is 11.9 Å². The zero-order chi connectivity index (χ0) is 13.0. The van der Waals surface area contributed by atoms with Crippen molar-refractivity contribution in [3.63, 3.8) is 0 Å². The maximum atomic E-state index is 12.0. The molecule has 0 fully saturated rings. The normalized spacial score (nSPS) is 12.5. The maximum absolute atomic E-state index is 12.0. The highest BCUT2D eigenvalue weighted by Gasteiger charge is 2.17. The van der Waals surface area contributed by atoms with Crippen molar-refractivity contribution in [2.75, 3.05) is 17.6 Å². The number of nitrogens with one attached hydrogen (secondary N) is 1. The number of aliphatic hydroxyl groups excluding tert-OH is 1. The Hall–Kier alpha value is -2.03. The van der Waals surface area contributed by atoms with Crippen LogP contribution in [-0.2, 0) is 0 Å². The Kier molecular flexibility index (Phi) is 4.10. The Morgan fingerprint density at radius 2 is 2.24 bits per heavy atom. The Morgan fingerprint density at radius 3 is 2.71 bits per heavy atom. The fourth-order valence-electron chi connectivity index (χ4n) is 1.02. The van der Waals surface area contributed by atoms with Gasteiger partial charge in [0.25, 0.3) is 6.43 Å². The fourth-order valence-corrected chi connectivity index (χ4v) is 1.02. The summed E-state index contributed by atoms with van der Waals surface area (Å²) in [7, 11) is 0. The second-order valence-electron chi connectivity index (χ2n) is 3.14. The summed E-state index contributed by atoms with van der Waals surface area (Å²) in [5.74, 6) is -0.251. The Bertz CT molecular complexity index is 416. The van der Waals surface area contributed by atoms with Crippen molar-refractivity contribution in [1.29, 1.82) is 0 Å². The smallest absolute Gasteiger partial charge is 0.311 e. The van der Waals surface area contributed by atoms with Crippen molar-refractivity contribution < 1.29 is 18.8 Å². The van der Waals surface area contributed by atoms with Crippen LogP contribution in [0.2, 0.25) is 0 Å². The first-order valence-corrected chi connectivity index (χ1v) is 4.53. The first-order valence-electron chi connectivity index (χ1n) is 4.53. The van der Waals surface area contributed by atoms with Gasteiger partial charge in [-0.2, -0.15) is 0 Å². The molecule has 0 saturated carbocycles. The van der Waals surface area contributed by atoms with Crippen LogP contribution in [0.5, 0.6) is 0 Å². The highest BCUT2D eigenvalue weighted by Crippen LogP contribution is 2.20. The molecule has 7 nitrogen and oxygen atoms in total. The highest BCUT2D eigenvalue weighted by molar-refractivity contribution is 5.57. The molecule has 4 N–H and O–H groups in total. The predicted molar refractivity (Wildman–Crippen MR) is 55.8 cm³/mol. The molecule has 9 heteroatoms. The molecule has 1 rings (SSSR count). The summed E-state index contributed by atoms with van der Waals surface area (Å²) in [6, 6.07) is 2.31. The lowest BCUT2D eigenvalue weighted by molar-refractivity contribution is -0.384. The quantitative estimate of drug-likeness (QED) is 0.519. The molecule has 1 heterocycles. The second-order valence-corrected chi connectivity index (χ2v) is 3.14. The number of nitrogens with two attached hydrogens (primary N) is 1. The topological polar surface area (TPSA) is 114 Å². The van der Waals surface area contributed by atoms with Gasteiger partial charge in [-0.1, -0.05) is 0 Å². The number of hydrogen-bond donors (Lipinski definition) is 3. The summed E-state index contributed by atoms with van der Waals surface area (Å²) in [4.78, 5) is 13.3. The molecule has 1 aromatic heterocycles. The minimum absolute atomic E-state index is 0.0767. The van der Waals surface area contributed by atoms with Crippen LogP contribution in [-0.4, -0.2) is 34.1 Å². The van der Waals surface area contributed by atoms with Crippen molar-refractivity contribution in [2.45, 2.75) is 12.5 Å². The number of anilines is 2. The molecular formula is C8H10F2N4O3. The number of aromatic nitrogens is 1. The van der Waals surface area contributed by atoms with E-state index in [-0.39, 0.29) is 17.3 Å². The Balaban J connectivity index is 2.68. The Morgan fingerprint density at radius 1 is 1.59 bits per heavy atom. The van der Waals surface area contributed by atoms with Gasteiger partial charge >= 0.3 is 5.69 Å². The highest BCUT2D eigenvalue weighted by atomic mass is 19.3. The maximum Gasteiger partial charge on any atom is 0.311 e. The SMILES string of the molecule is Nc1nc(NCC(O)C(F)F)ccc1[N+](=O)[O-]. The summed E-state index contributed by atoms with van der Waals surface area (Å²) in [6.45, 7) is -0.429. The van der Waals surface area contributed by atoms with E-state index in [1.54, 1.807) is 0 Å². The van der Waals surface area contributed by atoms with Crippen molar-refractivity contribution in [1.82, 2.24) is 4.98 Å². The van der Waals surface area contributed by atoms with Gasteiger partial charge in [0.05, 0.1) is 4.92 Å². The van der Waals surface area contributed by atoms with Crippen LogP contribution in [0.3, 0.4) is 0 Å².